The van der Waals surface area contributed by atoms with E-state index < -0.39 is 0 Å². The van der Waals surface area contributed by atoms with E-state index in [-0.39, 0.29) is 55.4 Å². The lowest BCUT2D eigenvalue weighted by Gasteiger charge is -2.46. The molecule has 0 spiro atoms. The zero-order chi connectivity index (χ0) is 61.5. The second-order valence-electron chi connectivity index (χ2n) is 34.8. The van der Waals surface area contributed by atoms with E-state index in [1.165, 1.54) is 169 Å². The first-order valence-electron chi connectivity index (χ1n) is 32.8. The number of aryl methyl sites for hydroxylation is 1. The van der Waals surface area contributed by atoms with Crippen LogP contribution >= 0.6 is 11.3 Å². The Labute approximate surface area is 521 Å². The Morgan fingerprint density at radius 3 is 1.35 bits per heavy atom. The van der Waals surface area contributed by atoms with Crippen molar-refractivity contribution in [1.29, 1.82) is 0 Å². The Balaban J connectivity index is 1.18. The Bertz CT molecular complexity index is 4320. The smallest absolute Gasteiger partial charge is 0.264 e. The van der Waals surface area contributed by atoms with Gasteiger partial charge in [0.15, 0.2) is 0 Å². The molecular weight excluding hydrogens is 1060 g/mol. The molecule has 3 nitrogen and oxygen atoms in total. The van der Waals surface area contributed by atoms with Gasteiger partial charge in [0.2, 0.25) is 0 Å². The quantitative estimate of drug-likeness (QED) is 0.163. The number of anilines is 6. The van der Waals surface area contributed by atoms with Gasteiger partial charge in [-0.25, -0.2) is 0 Å². The number of rotatable bonds is 3. The molecular formula is C81H96BN3S. The van der Waals surface area contributed by atoms with Crippen molar-refractivity contribution in [2.75, 3.05) is 9.80 Å². The monoisotopic (exact) mass is 1150 g/mol. The van der Waals surface area contributed by atoms with Crippen molar-refractivity contribution < 1.29 is 0 Å². The molecule has 5 heteroatoms. The van der Waals surface area contributed by atoms with Crippen LogP contribution in [0, 0.1) is 6.92 Å². The standard InChI is InChI=1S/C81H96BN3S/c1-47-37-57-60(80(19,20)35-33-77(57,13)14)45-66(47)85-65-30-25-50(75(8,9)10)40-62(65)82-70-67(42-52(43-68(70)85)83-63-28-23-48(73(2,3)4)38-53(63)54-39-49(74(5,6)7)24-29-64(54)83)84(51-26-27-56-58(41-51)78(15,16)32-31-76(56,11)12)71-55-44-59-61(46-69(55)86-72(71)82)81(21,22)36-34-79(59,17)18/h23-30,37-46H,31-36H2,1-22H3. The third kappa shape index (κ3) is 8.51. The van der Waals surface area contributed by atoms with Crippen LogP contribution in [-0.4, -0.2) is 11.3 Å². The molecule has 0 radical (unpaired) electrons. The van der Waals surface area contributed by atoms with Gasteiger partial charge in [0, 0.05) is 54.1 Å². The number of thiophene rings is 1. The molecule has 14 rings (SSSR count). The molecule has 0 bridgehead atoms. The van der Waals surface area contributed by atoms with Gasteiger partial charge >= 0.3 is 0 Å². The number of benzene rings is 7. The normalized spacial score (nSPS) is 19.5. The average molecular weight is 1150 g/mol. The molecule has 0 unspecified atom stereocenters. The Hall–Kier alpha value is -6.04. The number of hydrogen-bond donors (Lipinski definition) is 0. The maximum Gasteiger partial charge on any atom is 0.264 e. The maximum absolute atomic E-state index is 2.81. The predicted molar refractivity (Wildman–Crippen MR) is 377 cm³/mol. The molecule has 0 N–H and O–H groups in total. The van der Waals surface area contributed by atoms with Gasteiger partial charge in [-0.05, 0) is 234 Å². The fourth-order valence-electron chi connectivity index (χ4n) is 16.6. The van der Waals surface area contributed by atoms with Crippen LogP contribution in [0.1, 0.15) is 240 Å². The molecule has 0 saturated heterocycles. The van der Waals surface area contributed by atoms with Crippen molar-refractivity contribution in [3.8, 4) is 5.69 Å². The number of fused-ring (bicyclic) bond motifs is 12. The second kappa shape index (κ2) is 18.1. The molecule has 0 fully saturated rings. The fraction of sp³-hybridized carbons (Fsp3) is 0.457. The molecule has 0 atom stereocenters. The molecule has 9 aromatic rings. The van der Waals surface area contributed by atoms with Crippen LogP contribution < -0.4 is 25.5 Å². The molecule has 444 valence electrons. The molecule has 5 aliphatic rings. The first-order chi connectivity index (χ1) is 39.9. The van der Waals surface area contributed by atoms with Gasteiger partial charge in [-0.3, -0.25) is 0 Å². The molecule has 7 aromatic carbocycles. The van der Waals surface area contributed by atoms with Gasteiger partial charge in [0.05, 0.1) is 22.4 Å². The van der Waals surface area contributed by atoms with Crippen molar-refractivity contribution >= 4 is 99.8 Å². The molecule has 3 aliphatic carbocycles. The van der Waals surface area contributed by atoms with Crippen molar-refractivity contribution in [2.24, 2.45) is 0 Å². The van der Waals surface area contributed by atoms with Gasteiger partial charge < -0.3 is 14.4 Å². The summed E-state index contributed by atoms with van der Waals surface area (Å²) in [6.45, 7) is 53.7. The summed E-state index contributed by atoms with van der Waals surface area (Å²) in [4.78, 5) is 5.57. The van der Waals surface area contributed by atoms with Crippen molar-refractivity contribution in [2.45, 2.75) is 240 Å². The lowest BCUT2D eigenvalue weighted by Crippen LogP contribution is -2.60. The van der Waals surface area contributed by atoms with E-state index in [1.807, 2.05) is 0 Å². The highest BCUT2D eigenvalue weighted by Gasteiger charge is 2.49. The minimum absolute atomic E-state index is 0.0148. The van der Waals surface area contributed by atoms with E-state index >= 15 is 0 Å². The van der Waals surface area contributed by atoms with Crippen LogP contribution in [-0.2, 0) is 48.7 Å². The highest BCUT2D eigenvalue weighted by molar-refractivity contribution is 7.33. The minimum Gasteiger partial charge on any atom is -0.311 e. The van der Waals surface area contributed by atoms with Crippen molar-refractivity contribution in [3.63, 3.8) is 0 Å². The van der Waals surface area contributed by atoms with E-state index in [2.05, 4.69) is 287 Å². The van der Waals surface area contributed by atoms with E-state index in [9.17, 15) is 0 Å². The highest BCUT2D eigenvalue weighted by Crippen LogP contribution is 2.57. The summed E-state index contributed by atoms with van der Waals surface area (Å²) in [6, 6.07) is 46.0. The number of nitrogens with zero attached hydrogens (tertiary/aromatic N) is 3. The molecule has 86 heavy (non-hydrogen) atoms. The van der Waals surface area contributed by atoms with Gasteiger partial charge in [0.25, 0.3) is 6.71 Å². The van der Waals surface area contributed by atoms with E-state index in [0.29, 0.717) is 0 Å². The highest BCUT2D eigenvalue weighted by atomic mass is 32.1. The Morgan fingerprint density at radius 2 is 0.826 bits per heavy atom. The summed E-state index contributed by atoms with van der Waals surface area (Å²) in [6.07, 6.45) is 7.03. The summed E-state index contributed by atoms with van der Waals surface area (Å²) in [5.41, 5.74) is 28.9. The zero-order valence-corrected chi connectivity index (χ0v) is 57.3. The van der Waals surface area contributed by atoms with Gasteiger partial charge in [-0.2, -0.15) is 0 Å². The SMILES string of the molecule is Cc1cc2c(cc1N1c3ccc(C(C)(C)C)cc3B3c4sc5cc6c(cc5c4N(c4ccc5c(c4)C(C)(C)CCC5(C)C)c4cc(-n5c7ccc(C(C)(C)C)cc7c7cc(C(C)(C)C)ccc75)cc1c43)C(C)(C)CCC6(C)C)C(C)(C)CCC2(C)C. The average Bonchev–Trinajstić information content (AvgIpc) is 1.27. The predicted octanol–water partition coefficient (Wildman–Crippen LogP) is 21.3. The van der Waals surface area contributed by atoms with E-state index in [1.54, 1.807) is 0 Å². The van der Waals surface area contributed by atoms with Crippen LogP contribution in [0.5, 0.6) is 0 Å². The Morgan fingerprint density at radius 1 is 0.384 bits per heavy atom. The van der Waals surface area contributed by atoms with E-state index in [0.717, 1.165) is 12.8 Å². The summed E-state index contributed by atoms with van der Waals surface area (Å²) in [5, 5.41) is 4.01. The molecule has 4 heterocycles. The van der Waals surface area contributed by atoms with Gasteiger partial charge in [-0.1, -0.05) is 182 Å². The largest absolute Gasteiger partial charge is 0.311 e. The topological polar surface area (TPSA) is 11.4 Å². The lowest BCUT2D eigenvalue weighted by atomic mass is 9.36. The van der Waals surface area contributed by atoms with Gasteiger partial charge in [-0.15, -0.1) is 11.3 Å². The third-order valence-corrected chi connectivity index (χ3v) is 24.0. The van der Waals surface area contributed by atoms with Crippen LogP contribution in [0.3, 0.4) is 0 Å². The third-order valence-electron chi connectivity index (χ3n) is 22.7. The summed E-state index contributed by atoms with van der Waals surface area (Å²) in [7, 11) is 0. The van der Waals surface area contributed by atoms with Crippen molar-refractivity contribution in [3.05, 3.63) is 165 Å². The Kier molecular flexibility index (Phi) is 12.1. The summed E-state index contributed by atoms with van der Waals surface area (Å²) in [5.74, 6) is 0. The fourth-order valence-corrected chi connectivity index (χ4v) is 17.9. The van der Waals surface area contributed by atoms with E-state index in [4.69, 9.17) is 0 Å². The molecule has 0 amide bonds. The van der Waals surface area contributed by atoms with Crippen LogP contribution in [0.25, 0.3) is 37.6 Å². The zero-order valence-electron chi connectivity index (χ0n) is 56.5. The molecule has 2 aromatic heterocycles. The minimum atomic E-state index is -0.0654. The van der Waals surface area contributed by atoms with Crippen LogP contribution in [0.15, 0.2) is 109 Å². The first-order valence-corrected chi connectivity index (χ1v) is 33.6. The first kappa shape index (κ1) is 57.7. The van der Waals surface area contributed by atoms with Gasteiger partial charge in [0.1, 0.15) is 0 Å². The number of hydrogen-bond acceptors (Lipinski definition) is 3. The van der Waals surface area contributed by atoms with Crippen LogP contribution in [0.4, 0.5) is 34.1 Å². The second-order valence-corrected chi connectivity index (χ2v) is 35.8. The molecule has 2 aliphatic heterocycles. The van der Waals surface area contributed by atoms with Crippen LogP contribution in [0.2, 0.25) is 0 Å². The molecule has 0 saturated carbocycles. The maximum atomic E-state index is 2.81. The summed E-state index contributed by atoms with van der Waals surface area (Å²) >= 11 is 2.08. The summed E-state index contributed by atoms with van der Waals surface area (Å²) < 4.78 is 5.50. The number of aromatic nitrogens is 1. The van der Waals surface area contributed by atoms with Crippen molar-refractivity contribution in [1.82, 2.24) is 4.57 Å². The lowest BCUT2D eigenvalue weighted by molar-refractivity contribution is 0.332.